The summed E-state index contributed by atoms with van der Waals surface area (Å²) in [7, 11) is 0. The fourth-order valence-corrected chi connectivity index (χ4v) is 10.1. The average Bonchev–Trinajstić information content (AvgIpc) is 3.41. The molecular weight excluding hydrogens is 925 g/mol. The van der Waals surface area contributed by atoms with Crippen LogP contribution in [0.1, 0.15) is 367 Å². The standard InChI is InChI=1S/C69H128O6/c1-4-7-10-13-16-19-22-24-26-28-29-30-31-32-33-34-35-36-37-38-39-40-41-42-44-45-47-50-53-56-59-62-68(71)74-65-66(64-73-67(70)61-58-55-52-49-21-18-15-12-9-6-3)75-69(72)63-60-57-54-51-48-46-43-27-25-23-20-17-14-11-8-5-2/h12,15,20,23,27,43,66H,4-11,13-14,16-19,21-22,24-26,28-42,44-65H2,1-3H3/b15-12-,23-20-,43-27-. The van der Waals surface area contributed by atoms with Gasteiger partial charge in [-0.05, 0) is 70.6 Å². The van der Waals surface area contributed by atoms with Crippen molar-refractivity contribution in [1.82, 2.24) is 0 Å². The van der Waals surface area contributed by atoms with Gasteiger partial charge in [0.05, 0.1) is 0 Å². The molecule has 1 atom stereocenters. The van der Waals surface area contributed by atoms with Gasteiger partial charge >= 0.3 is 17.9 Å². The molecule has 0 aliphatic rings. The predicted octanol–water partition coefficient (Wildman–Crippen LogP) is 22.8. The summed E-state index contributed by atoms with van der Waals surface area (Å²) in [6.07, 6.45) is 79.1. The molecule has 6 heteroatoms. The summed E-state index contributed by atoms with van der Waals surface area (Å²) in [5, 5.41) is 0. The Morgan fingerprint density at radius 2 is 0.507 bits per heavy atom. The Kier molecular flexibility index (Phi) is 62.1. The minimum Gasteiger partial charge on any atom is -0.462 e. The van der Waals surface area contributed by atoms with E-state index in [1.54, 1.807) is 0 Å². The van der Waals surface area contributed by atoms with Crippen molar-refractivity contribution in [2.75, 3.05) is 13.2 Å². The third-order valence-corrected chi connectivity index (χ3v) is 15.1. The van der Waals surface area contributed by atoms with Crippen molar-refractivity contribution in [3.63, 3.8) is 0 Å². The van der Waals surface area contributed by atoms with Crippen LogP contribution in [0, 0.1) is 0 Å². The highest BCUT2D eigenvalue weighted by atomic mass is 16.6. The van der Waals surface area contributed by atoms with Crippen molar-refractivity contribution in [1.29, 1.82) is 0 Å². The highest BCUT2D eigenvalue weighted by Crippen LogP contribution is 2.18. The van der Waals surface area contributed by atoms with Gasteiger partial charge in [-0.25, -0.2) is 0 Å². The van der Waals surface area contributed by atoms with Crippen LogP contribution in [0.2, 0.25) is 0 Å². The van der Waals surface area contributed by atoms with Crippen molar-refractivity contribution in [3.8, 4) is 0 Å². The van der Waals surface area contributed by atoms with Crippen LogP contribution in [-0.2, 0) is 28.6 Å². The third-order valence-electron chi connectivity index (χ3n) is 15.1. The molecule has 0 aromatic carbocycles. The lowest BCUT2D eigenvalue weighted by atomic mass is 10.0. The van der Waals surface area contributed by atoms with Gasteiger partial charge in [0.25, 0.3) is 0 Å². The van der Waals surface area contributed by atoms with Crippen LogP contribution in [0.25, 0.3) is 0 Å². The number of unbranched alkanes of at least 4 members (excludes halogenated alkanes) is 45. The van der Waals surface area contributed by atoms with E-state index in [-0.39, 0.29) is 31.1 Å². The minimum atomic E-state index is -0.780. The van der Waals surface area contributed by atoms with Gasteiger partial charge in [-0.15, -0.1) is 0 Å². The smallest absolute Gasteiger partial charge is 0.306 e. The molecule has 440 valence electrons. The van der Waals surface area contributed by atoms with Crippen molar-refractivity contribution in [3.05, 3.63) is 36.5 Å². The molecule has 0 fully saturated rings. The van der Waals surface area contributed by atoms with Crippen LogP contribution < -0.4 is 0 Å². The molecule has 6 nitrogen and oxygen atoms in total. The Morgan fingerprint density at radius 3 is 0.813 bits per heavy atom. The molecule has 0 amide bonds. The molecule has 0 radical (unpaired) electrons. The van der Waals surface area contributed by atoms with Gasteiger partial charge in [-0.2, -0.15) is 0 Å². The Balaban J connectivity index is 4.06. The van der Waals surface area contributed by atoms with E-state index in [0.29, 0.717) is 19.3 Å². The molecule has 0 aliphatic heterocycles. The van der Waals surface area contributed by atoms with Crippen LogP contribution in [0.4, 0.5) is 0 Å². The summed E-state index contributed by atoms with van der Waals surface area (Å²) in [6.45, 7) is 6.60. The number of carbonyl (C=O) groups excluding carboxylic acids is 3. The van der Waals surface area contributed by atoms with E-state index in [1.807, 2.05) is 0 Å². The zero-order valence-electron chi connectivity index (χ0n) is 50.6. The zero-order chi connectivity index (χ0) is 54.3. The average molecular weight is 1050 g/mol. The van der Waals surface area contributed by atoms with Crippen LogP contribution in [0.15, 0.2) is 36.5 Å². The Morgan fingerprint density at radius 1 is 0.267 bits per heavy atom. The topological polar surface area (TPSA) is 78.9 Å². The summed E-state index contributed by atoms with van der Waals surface area (Å²) < 4.78 is 16.9. The first kappa shape index (κ1) is 72.6. The minimum absolute atomic E-state index is 0.0769. The molecule has 0 heterocycles. The maximum atomic E-state index is 12.9. The first-order valence-corrected chi connectivity index (χ1v) is 33.5. The fourth-order valence-electron chi connectivity index (χ4n) is 10.1. The van der Waals surface area contributed by atoms with E-state index in [1.165, 1.54) is 231 Å². The van der Waals surface area contributed by atoms with Crippen molar-refractivity contribution in [2.24, 2.45) is 0 Å². The van der Waals surface area contributed by atoms with Crippen molar-refractivity contribution >= 4 is 17.9 Å². The maximum absolute atomic E-state index is 12.9. The number of esters is 3. The highest BCUT2D eigenvalue weighted by Gasteiger charge is 2.19. The number of carbonyl (C=O) groups is 3. The normalized spacial score (nSPS) is 12.2. The van der Waals surface area contributed by atoms with Gasteiger partial charge in [0, 0.05) is 19.3 Å². The second-order valence-corrected chi connectivity index (χ2v) is 22.7. The van der Waals surface area contributed by atoms with Crippen LogP contribution >= 0.6 is 0 Å². The van der Waals surface area contributed by atoms with Gasteiger partial charge < -0.3 is 14.2 Å². The lowest BCUT2D eigenvalue weighted by Gasteiger charge is -2.18. The summed E-state index contributed by atoms with van der Waals surface area (Å²) >= 11 is 0. The largest absolute Gasteiger partial charge is 0.462 e. The van der Waals surface area contributed by atoms with E-state index >= 15 is 0 Å². The van der Waals surface area contributed by atoms with Crippen molar-refractivity contribution in [2.45, 2.75) is 374 Å². The summed E-state index contributed by atoms with van der Waals surface area (Å²) in [5.74, 6) is -0.882. The fraction of sp³-hybridized carbons (Fsp3) is 0.870. The molecule has 0 saturated carbocycles. The van der Waals surface area contributed by atoms with E-state index in [0.717, 1.165) is 96.3 Å². The summed E-state index contributed by atoms with van der Waals surface area (Å²) in [5.41, 5.74) is 0. The van der Waals surface area contributed by atoms with Gasteiger partial charge in [0.2, 0.25) is 0 Å². The summed E-state index contributed by atoms with van der Waals surface area (Å²) in [4.78, 5) is 38.2. The quantitative estimate of drug-likeness (QED) is 0.0261. The second-order valence-electron chi connectivity index (χ2n) is 22.7. The van der Waals surface area contributed by atoms with E-state index in [9.17, 15) is 14.4 Å². The van der Waals surface area contributed by atoms with Gasteiger partial charge in [-0.1, -0.05) is 314 Å². The van der Waals surface area contributed by atoms with Gasteiger partial charge in [0.1, 0.15) is 13.2 Å². The van der Waals surface area contributed by atoms with Crippen LogP contribution in [0.5, 0.6) is 0 Å². The highest BCUT2D eigenvalue weighted by molar-refractivity contribution is 5.71. The van der Waals surface area contributed by atoms with Crippen LogP contribution in [0.3, 0.4) is 0 Å². The Bertz CT molecular complexity index is 1250. The molecule has 0 N–H and O–H groups in total. The second kappa shape index (κ2) is 64.2. The number of ether oxygens (including phenoxy) is 3. The van der Waals surface area contributed by atoms with E-state index < -0.39 is 6.10 Å². The first-order valence-electron chi connectivity index (χ1n) is 33.5. The number of allylic oxidation sites excluding steroid dienone is 6. The maximum Gasteiger partial charge on any atom is 0.306 e. The number of rotatable bonds is 62. The lowest BCUT2D eigenvalue weighted by Crippen LogP contribution is -2.30. The monoisotopic (exact) mass is 1050 g/mol. The Hall–Kier alpha value is -2.37. The summed E-state index contributed by atoms with van der Waals surface area (Å²) in [6, 6.07) is 0. The molecule has 0 aromatic heterocycles. The van der Waals surface area contributed by atoms with E-state index in [2.05, 4.69) is 57.2 Å². The molecule has 0 aromatic rings. The molecule has 75 heavy (non-hydrogen) atoms. The molecule has 0 bridgehead atoms. The van der Waals surface area contributed by atoms with Crippen LogP contribution in [-0.4, -0.2) is 37.2 Å². The Labute approximate surface area is 467 Å². The molecule has 0 saturated heterocycles. The molecule has 0 aliphatic carbocycles. The lowest BCUT2D eigenvalue weighted by molar-refractivity contribution is -0.167. The van der Waals surface area contributed by atoms with Crippen molar-refractivity contribution < 1.29 is 28.6 Å². The number of hydrogen-bond acceptors (Lipinski definition) is 6. The first-order chi connectivity index (χ1) is 37.0. The van der Waals surface area contributed by atoms with E-state index in [4.69, 9.17) is 14.2 Å². The predicted molar refractivity (Wildman–Crippen MR) is 326 cm³/mol. The SMILES string of the molecule is CCC/C=C\CCCCCCCC(=O)OCC(COC(=O)CCCCCCCCCCCCCCCCCCCCCCCCCCCCCCCCC)OC(=O)CCCCCCC/C=C\C/C=C\CCCCCC. The molecule has 0 spiro atoms. The van der Waals surface area contributed by atoms with Gasteiger partial charge in [-0.3, -0.25) is 14.4 Å². The molecule has 1 unspecified atom stereocenters. The zero-order valence-corrected chi connectivity index (χ0v) is 50.6. The van der Waals surface area contributed by atoms with Gasteiger partial charge in [0.15, 0.2) is 6.10 Å². The molecular formula is C69H128O6. The third kappa shape index (κ3) is 62.4. The molecule has 0 rings (SSSR count). The number of hydrogen-bond donors (Lipinski definition) is 0.